The first kappa shape index (κ1) is 23.1. The summed E-state index contributed by atoms with van der Waals surface area (Å²) in [7, 11) is 0. The molecular weight excluding hydrogens is 455 g/mol. The van der Waals surface area contributed by atoms with Crippen molar-refractivity contribution in [3.05, 3.63) is 71.0 Å². The van der Waals surface area contributed by atoms with Gasteiger partial charge in [0.1, 0.15) is 0 Å². The van der Waals surface area contributed by atoms with E-state index in [1.807, 2.05) is 46.9 Å². The summed E-state index contributed by atoms with van der Waals surface area (Å²) in [5, 5.41) is 2.56. The maximum atomic E-state index is 12.9. The molecule has 0 spiro atoms. The molecular formula is C23H23ClF3N5O. The van der Waals surface area contributed by atoms with Gasteiger partial charge in [-0.1, -0.05) is 29.3 Å². The van der Waals surface area contributed by atoms with Crippen LogP contribution in [0.25, 0.3) is 5.69 Å². The Morgan fingerprint density at radius 2 is 1.79 bits per heavy atom. The van der Waals surface area contributed by atoms with Crippen LogP contribution >= 0.6 is 11.6 Å². The molecule has 0 unspecified atom stereocenters. The Balaban J connectivity index is 1.35. The minimum absolute atomic E-state index is 0.0461. The second-order valence-corrected chi connectivity index (χ2v) is 8.34. The van der Waals surface area contributed by atoms with Crippen LogP contribution in [0, 0.1) is 6.92 Å². The molecule has 0 bridgehead atoms. The minimum Gasteiger partial charge on any atom is -0.339 e. The third-order valence-electron chi connectivity index (χ3n) is 5.52. The number of piperazine rings is 1. The molecule has 0 atom stereocenters. The number of benzene rings is 2. The lowest BCUT2D eigenvalue weighted by Crippen LogP contribution is -2.49. The van der Waals surface area contributed by atoms with Gasteiger partial charge in [-0.2, -0.15) is 13.2 Å². The molecule has 2 aromatic carbocycles. The van der Waals surface area contributed by atoms with Crippen LogP contribution in [0.2, 0.25) is 5.02 Å². The van der Waals surface area contributed by atoms with Crippen LogP contribution in [-0.4, -0.2) is 53.1 Å². The van der Waals surface area contributed by atoms with Crippen molar-refractivity contribution in [2.24, 2.45) is 0 Å². The normalized spacial score (nSPS) is 15.0. The van der Waals surface area contributed by atoms with Crippen LogP contribution in [0.15, 0.2) is 54.9 Å². The highest BCUT2D eigenvalue weighted by Crippen LogP contribution is 2.33. The first-order valence-corrected chi connectivity index (χ1v) is 10.8. The number of aromatic nitrogens is 2. The Kier molecular flexibility index (Phi) is 6.62. The topological polar surface area (TPSA) is 53.4 Å². The Bertz CT molecular complexity index is 1120. The largest absolute Gasteiger partial charge is 0.416 e. The SMILES string of the molecule is Cc1ccc(-n2ccnc2N2CCN(CC(=O)Nc3cc(C(F)(F)F)ccc3Cl)CC2)cc1. The predicted octanol–water partition coefficient (Wildman–Crippen LogP) is 4.61. The summed E-state index contributed by atoms with van der Waals surface area (Å²) in [6, 6.07) is 11.0. The third-order valence-corrected chi connectivity index (χ3v) is 5.85. The molecule has 0 saturated carbocycles. The van der Waals surface area contributed by atoms with Gasteiger partial charge < -0.3 is 10.2 Å². The van der Waals surface area contributed by atoms with Crippen LogP contribution in [-0.2, 0) is 11.0 Å². The summed E-state index contributed by atoms with van der Waals surface area (Å²) in [5.41, 5.74) is 1.29. The van der Waals surface area contributed by atoms with E-state index < -0.39 is 17.6 Å². The van der Waals surface area contributed by atoms with Crippen molar-refractivity contribution in [3.63, 3.8) is 0 Å². The number of carbonyl (C=O) groups excluding carboxylic acids is 1. The van der Waals surface area contributed by atoms with Crippen molar-refractivity contribution in [1.29, 1.82) is 0 Å². The summed E-state index contributed by atoms with van der Waals surface area (Å²) in [5.74, 6) is 0.421. The van der Waals surface area contributed by atoms with Gasteiger partial charge in [-0.05, 0) is 37.3 Å². The number of amides is 1. The van der Waals surface area contributed by atoms with Crippen LogP contribution in [0.1, 0.15) is 11.1 Å². The van der Waals surface area contributed by atoms with Gasteiger partial charge in [0.2, 0.25) is 11.9 Å². The summed E-state index contributed by atoms with van der Waals surface area (Å²) < 4.78 is 40.9. The number of nitrogens with zero attached hydrogens (tertiary/aromatic N) is 4. The van der Waals surface area contributed by atoms with Crippen molar-refractivity contribution < 1.29 is 18.0 Å². The zero-order valence-corrected chi connectivity index (χ0v) is 18.7. The van der Waals surface area contributed by atoms with Crippen LogP contribution in [0.3, 0.4) is 0 Å². The van der Waals surface area contributed by atoms with Gasteiger partial charge in [-0.3, -0.25) is 14.3 Å². The molecule has 1 amide bonds. The minimum atomic E-state index is -4.51. The van der Waals surface area contributed by atoms with Crippen LogP contribution in [0.4, 0.5) is 24.8 Å². The molecule has 1 aliphatic heterocycles. The van der Waals surface area contributed by atoms with Gasteiger partial charge in [-0.25, -0.2) is 4.98 Å². The molecule has 3 aromatic rings. The lowest BCUT2D eigenvalue weighted by atomic mass is 10.2. The zero-order valence-electron chi connectivity index (χ0n) is 17.9. The predicted molar refractivity (Wildman–Crippen MR) is 122 cm³/mol. The van der Waals surface area contributed by atoms with Gasteiger partial charge in [0.05, 0.1) is 22.8 Å². The van der Waals surface area contributed by atoms with E-state index in [4.69, 9.17) is 11.6 Å². The molecule has 174 valence electrons. The van der Waals surface area contributed by atoms with Gasteiger partial charge >= 0.3 is 6.18 Å². The van der Waals surface area contributed by atoms with Crippen LogP contribution < -0.4 is 10.2 Å². The number of hydrogen-bond acceptors (Lipinski definition) is 4. The van der Waals surface area contributed by atoms with E-state index in [0.29, 0.717) is 26.2 Å². The fourth-order valence-corrected chi connectivity index (χ4v) is 3.90. The fraction of sp³-hybridized carbons (Fsp3) is 0.304. The molecule has 0 radical (unpaired) electrons. The van der Waals surface area contributed by atoms with Crippen LogP contribution in [0.5, 0.6) is 0 Å². The molecule has 2 heterocycles. The molecule has 1 fully saturated rings. The molecule has 1 N–H and O–H groups in total. The number of carbonyl (C=O) groups is 1. The number of hydrogen-bond donors (Lipinski definition) is 1. The Labute approximate surface area is 194 Å². The monoisotopic (exact) mass is 477 g/mol. The maximum absolute atomic E-state index is 12.9. The molecule has 1 saturated heterocycles. The second kappa shape index (κ2) is 9.44. The van der Waals surface area contributed by atoms with Gasteiger partial charge in [0.15, 0.2) is 0 Å². The van der Waals surface area contributed by atoms with Crippen molar-refractivity contribution in [2.75, 3.05) is 42.9 Å². The summed E-state index contributed by atoms with van der Waals surface area (Å²) in [6.07, 6.45) is -0.836. The second-order valence-electron chi connectivity index (χ2n) is 7.94. The highest BCUT2D eigenvalue weighted by molar-refractivity contribution is 6.33. The quantitative estimate of drug-likeness (QED) is 0.583. The lowest BCUT2D eigenvalue weighted by molar-refractivity contribution is -0.137. The van der Waals surface area contributed by atoms with Gasteiger partial charge in [-0.15, -0.1) is 0 Å². The lowest BCUT2D eigenvalue weighted by Gasteiger charge is -2.35. The van der Waals surface area contributed by atoms with Gasteiger partial charge in [0, 0.05) is 44.3 Å². The highest BCUT2D eigenvalue weighted by atomic mass is 35.5. The summed E-state index contributed by atoms with van der Waals surface area (Å²) in [4.78, 5) is 21.1. The van der Waals surface area contributed by atoms with E-state index in [1.165, 1.54) is 5.56 Å². The standard InChI is InChI=1S/C23H23ClF3N5O/c1-16-2-5-18(6-3-16)32-9-8-28-22(32)31-12-10-30(11-13-31)15-21(33)29-20-14-17(23(25,26)27)4-7-19(20)24/h2-9,14H,10-13,15H2,1H3,(H,29,33). The number of imidazole rings is 1. The maximum Gasteiger partial charge on any atom is 0.416 e. The Morgan fingerprint density at radius 3 is 2.45 bits per heavy atom. The van der Waals surface area contributed by atoms with Crippen molar-refractivity contribution in [1.82, 2.24) is 14.5 Å². The molecule has 4 rings (SSSR count). The average Bonchev–Trinajstić information content (AvgIpc) is 3.25. The molecule has 1 aliphatic rings. The number of halogens is 4. The first-order valence-electron chi connectivity index (χ1n) is 10.4. The fourth-order valence-electron chi connectivity index (χ4n) is 3.73. The summed E-state index contributed by atoms with van der Waals surface area (Å²) in [6.45, 7) is 4.66. The smallest absolute Gasteiger partial charge is 0.339 e. The first-order chi connectivity index (χ1) is 15.7. The van der Waals surface area contributed by atoms with Crippen molar-refractivity contribution in [3.8, 4) is 5.69 Å². The van der Waals surface area contributed by atoms with Gasteiger partial charge in [0.25, 0.3) is 0 Å². The molecule has 33 heavy (non-hydrogen) atoms. The number of anilines is 2. The van der Waals surface area contributed by atoms with E-state index in [1.54, 1.807) is 6.20 Å². The van der Waals surface area contributed by atoms with E-state index in [-0.39, 0.29) is 17.3 Å². The average molecular weight is 478 g/mol. The number of rotatable bonds is 5. The third kappa shape index (κ3) is 5.48. The molecule has 1 aromatic heterocycles. The molecule has 10 heteroatoms. The van der Waals surface area contributed by atoms with Crippen molar-refractivity contribution in [2.45, 2.75) is 13.1 Å². The van der Waals surface area contributed by atoms with E-state index in [9.17, 15) is 18.0 Å². The van der Waals surface area contributed by atoms with E-state index >= 15 is 0 Å². The Hall–Kier alpha value is -3.04. The number of nitrogens with one attached hydrogen (secondary N) is 1. The molecule has 0 aliphatic carbocycles. The number of aryl methyl sites for hydroxylation is 1. The van der Waals surface area contributed by atoms with E-state index in [0.717, 1.165) is 29.8 Å². The highest BCUT2D eigenvalue weighted by Gasteiger charge is 2.31. The zero-order chi connectivity index (χ0) is 23.6. The van der Waals surface area contributed by atoms with E-state index in [2.05, 4.69) is 15.2 Å². The van der Waals surface area contributed by atoms with Crippen molar-refractivity contribution >= 4 is 29.1 Å². The molecule has 6 nitrogen and oxygen atoms in total. The number of alkyl halides is 3. The Morgan fingerprint density at radius 1 is 1.09 bits per heavy atom. The summed E-state index contributed by atoms with van der Waals surface area (Å²) >= 11 is 5.97.